The fourth-order valence-electron chi connectivity index (χ4n) is 0.744. The first-order valence-corrected chi connectivity index (χ1v) is 3.34. The van der Waals surface area contributed by atoms with Crippen molar-refractivity contribution in [3.05, 3.63) is 37.3 Å². The summed E-state index contributed by atoms with van der Waals surface area (Å²) >= 11 is 0. The van der Waals surface area contributed by atoms with Crippen molar-refractivity contribution in [2.24, 2.45) is 0 Å². The normalized spacial score (nSPS) is 16.2. The van der Waals surface area contributed by atoms with Gasteiger partial charge in [0.05, 0.1) is 0 Å². The van der Waals surface area contributed by atoms with Gasteiger partial charge in [0, 0.05) is 24.6 Å². The molecule has 1 rings (SSSR count). The van der Waals surface area contributed by atoms with Crippen LogP contribution in [0.3, 0.4) is 0 Å². The Morgan fingerprint density at radius 1 is 1.33 bits per heavy atom. The van der Waals surface area contributed by atoms with Crippen molar-refractivity contribution in [2.45, 2.75) is 0 Å². The van der Waals surface area contributed by atoms with Crippen LogP contribution in [0.15, 0.2) is 37.3 Å². The maximum atomic E-state index is 10.9. The predicted molar refractivity (Wildman–Crippen MR) is 43.5 cm³/mol. The van der Waals surface area contributed by atoms with Crippen LogP contribution in [0, 0.1) is 0 Å². The summed E-state index contributed by atoms with van der Waals surface area (Å²) in [6.45, 7) is 3.40. The minimum Gasteiger partial charge on any atom is -0.367 e. The molecule has 0 aromatic heterocycles. The third kappa shape index (κ3) is 1.60. The Morgan fingerprint density at radius 2 is 1.92 bits per heavy atom. The zero-order chi connectivity index (χ0) is 8.97. The van der Waals surface area contributed by atoms with E-state index < -0.39 is 0 Å². The average molecular weight is 164 g/mol. The number of amides is 2. The van der Waals surface area contributed by atoms with Crippen LogP contribution in [-0.4, -0.2) is 16.7 Å². The highest BCUT2D eigenvalue weighted by molar-refractivity contribution is 6.13. The van der Waals surface area contributed by atoms with Crippen molar-refractivity contribution in [2.75, 3.05) is 0 Å². The number of hydrogen-bond acceptors (Lipinski definition) is 3. The molecule has 0 fully saturated rings. The average Bonchev–Trinajstić information content (AvgIpc) is 2.35. The molecule has 0 aromatic rings. The Labute approximate surface area is 69.9 Å². The van der Waals surface area contributed by atoms with Crippen LogP contribution in [0.2, 0.25) is 0 Å². The molecule has 4 heteroatoms. The molecule has 0 unspecified atom stereocenters. The summed E-state index contributed by atoms with van der Waals surface area (Å²) in [6, 6.07) is 0. The summed E-state index contributed by atoms with van der Waals surface area (Å²) in [6.07, 6.45) is 6.69. The van der Waals surface area contributed by atoms with Gasteiger partial charge in [-0.1, -0.05) is 6.58 Å². The summed E-state index contributed by atoms with van der Waals surface area (Å²) in [7, 11) is 0. The molecule has 1 heterocycles. The van der Waals surface area contributed by atoms with E-state index in [2.05, 4.69) is 11.9 Å². The second kappa shape index (κ2) is 3.52. The molecule has 1 N–H and O–H groups in total. The fraction of sp³-hybridized carbons (Fsp3) is 0. The fourth-order valence-corrected chi connectivity index (χ4v) is 0.744. The molecule has 2 amide bonds. The molecule has 62 valence electrons. The van der Waals surface area contributed by atoms with Gasteiger partial charge in [-0.25, -0.2) is 4.90 Å². The highest BCUT2D eigenvalue weighted by Gasteiger charge is 2.19. The largest absolute Gasteiger partial charge is 0.367 e. The predicted octanol–water partition coefficient (Wildman–Crippen LogP) is 0.116. The van der Waals surface area contributed by atoms with Gasteiger partial charge in [-0.15, -0.1) is 0 Å². The second-order valence-electron chi connectivity index (χ2n) is 2.07. The first-order valence-electron chi connectivity index (χ1n) is 3.34. The summed E-state index contributed by atoms with van der Waals surface area (Å²) in [5.74, 6) is -0.663. The summed E-state index contributed by atoms with van der Waals surface area (Å²) in [4.78, 5) is 22.8. The maximum absolute atomic E-state index is 10.9. The topological polar surface area (TPSA) is 49.4 Å². The van der Waals surface area contributed by atoms with Gasteiger partial charge < -0.3 is 5.32 Å². The standard InChI is InChI=1S/C8H8N2O2/c1-2-9-5-6-10-7(11)3-4-8(10)12/h2-6,9H,1H2/b6-5+. The number of carbonyl (C=O) groups is 2. The van der Waals surface area contributed by atoms with E-state index in [-0.39, 0.29) is 11.8 Å². The van der Waals surface area contributed by atoms with Gasteiger partial charge in [-0.3, -0.25) is 9.59 Å². The highest BCUT2D eigenvalue weighted by atomic mass is 16.2. The van der Waals surface area contributed by atoms with E-state index in [0.717, 1.165) is 4.90 Å². The van der Waals surface area contributed by atoms with Crippen molar-refractivity contribution < 1.29 is 9.59 Å². The van der Waals surface area contributed by atoms with Gasteiger partial charge >= 0.3 is 0 Å². The Morgan fingerprint density at radius 3 is 2.42 bits per heavy atom. The van der Waals surface area contributed by atoms with Gasteiger partial charge in [0.15, 0.2) is 0 Å². The van der Waals surface area contributed by atoms with E-state index in [1.165, 1.54) is 30.8 Å². The monoisotopic (exact) mass is 164 g/mol. The van der Waals surface area contributed by atoms with E-state index in [4.69, 9.17) is 0 Å². The zero-order valence-electron chi connectivity index (χ0n) is 6.36. The van der Waals surface area contributed by atoms with Crippen LogP contribution < -0.4 is 5.32 Å². The Bertz CT molecular complexity index is 261. The molecule has 0 saturated carbocycles. The minimum atomic E-state index is -0.331. The smallest absolute Gasteiger partial charge is 0.257 e. The Kier molecular flexibility index (Phi) is 2.42. The van der Waals surface area contributed by atoms with E-state index in [1.54, 1.807) is 0 Å². The zero-order valence-corrected chi connectivity index (χ0v) is 6.36. The molecule has 0 radical (unpaired) electrons. The van der Waals surface area contributed by atoms with Gasteiger partial charge in [0.2, 0.25) is 0 Å². The lowest BCUT2D eigenvalue weighted by Crippen LogP contribution is -2.24. The van der Waals surface area contributed by atoms with Gasteiger partial charge in [-0.05, 0) is 6.20 Å². The van der Waals surface area contributed by atoms with Crippen molar-refractivity contribution in [1.82, 2.24) is 10.2 Å². The first-order chi connectivity index (χ1) is 5.75. The quantitative estimate of drug-likeness (QED) is 0.602. The van der Waals surface area contributed by atoms with E-state index in [1.807, 2.05) is 0 Å². The minimum absolute atomic E-state index is 0.331. The second-order valence-corrected chi connectivity index (χ2v) is 2.07. The lowest BCUT2D eigenvalue weighted by Gasteiger charge is -2.05. The Balaban J connectivity index is 2.58. The third-order valence-electron chi connectivity index (χ3n) is 1.28. The number of imide groups is 1. The van der Waals surface area contributed by atoms with Crippen molar-refractivity contribution in [3.8, 4) is 0 Å². The molecule has 0 spiro atoms. The van der Waals surface area contributed by atoms with Crippen molar-refractivity contribution >= 4 is 11.8 Å². The molecular weight excluding hydrogens is 156 g/mol. The molecule has 1 aliphatic rings. The third-order valence-corrected chi connectivity index (χ3v) is 1.28. The van der Waals surface area contributed by atoms with Crippen LogP contribution in [0.5, 0.6) is 0 Å². The van der Waals surface area contributed by atoms with Crippen molar-refractivity contribution in [3.63, 3.8) is 0 Å². The number of nitrogens with zero attached hydrogens (tertiary/aromatic N) is 1. The SMILES string of the molecule is C=CN/C=C/N1C(=O)C=CC1=O. The summed E-state index contributed by atoms with van der Waals surface area (Å²) in [5.41, 5.74) is 0. The van der Waals surface area contributed by atoms with E-state index >= 15 is 0 Å². The summed E-state index contributed by atoms with van der Waals surface area (Å²) in [5, 5.41) is 2.63. The molecule has 0 aromatic carbocycles. The lowest BCUT2D eigenvalue weighted by atomic mass is 10.6. The Hall–Kier alpha value is -1.84. The number of hydrogen-bond donors (Lipinski definition) is 1. The van der Waals surface area contributed by atoms with Crippen LogP contribution in [0.4, 0.5) is 0 Å². The first kappa shape index (κ1) is 8.26. The van der Waals surface area contributed by atoms with Gasteiger partial charge in [-0.2, -0.15) is 0 Å². The maximum Gasteiger partial charge on any atom is 0.257 e. The number of rotatable bonds is 3. The molecule has 0 saturated heterocycles. The molecule has 12 heavy (non-hydrogen) atoms. The van der Waals surface area contributed by atoms with Crippen LogP contribution in [0.25, 0.3) is 0 Å². The van der Waals surface area contributed by atoms with Gasteiger partial charge in [0.25, 0.3) is 11.8 Å². The molecule has 4 nitrogen and oxygen atoms in total. The van der Waals surface area contributed by atoms with Gasteiger partial charge in [0.1, 0.15) is 0 Å². The highest BCUT2D eigenvalue weighted by Crippen LogP contribution is 2.02. The van der Waals surface area contributed by atoms with Crippen molar-refractivity contribution in [1.29, 1.82) is 0 Å². The molecule has 0 bridgehead atoms. The molecule has 0 atom stereocenters. The van der Waals surface area contributed by atoms with E-state index in [9.17, 15) is 9.59 Å². The van der Waals surface area contributed by atoms with Crippen LogP contribution in [-0.2, 0) is 9.59 Å². The lowest BCUT2D eigenvalue weighted by molar-refractivity contribution is -0.133. The van der Waals surface area contributed by atoms with Crippen LogP contribution in [0.1, 0.15) is 0 Å². The van der Waals surface area contributed by atoms with E-state index in [0.29, 0.717) is 0 Å². The molecular formula is C8H8N2O2. The van der Waals surface area contributed by atoms with Crippen LogP contribution >= 0.6 is 0 Å². The number of carbonyl (C=O) groups excluding carboxylic acids is 2. The summed E-state index contributed by atoms with van der Waals surface area (Å²) < 4.78 is 0. The molecule has 1 aliphatic heterocycles. The molecule has 0 aliphatic carbocycles. The number of nitrogens with one attached hydrogen (secondary N) is 1.